The van der Waals surface area contributed by atoms with Gasteiger partial charge in [-0.2, -0.15) is 0 Å². The molecule has 0 amide bonds. The lowest BCUT2D eigenvalue weighted by molar-refractivity contribution is 0.669. The number of para-hydroxylation sites is 1. The van der Waals surface area contributed by atoms with Gasteiger partial charge in [-0.05, 0) is 81.9 Å². The molecule has 0 aliphatic carbocycles. The van der Waals surface area contributed by atoms with E-state index in [4.69, 9.17) is 4.42 Å². The van der Waals surface area contributed by atoms with Crippen molar-refractivity contribution in [3.63, 3.8) is 0 Å². The van der Waals surface area contributed by atoms with Crippen LogP contribution in [0.4, 0.5) is 17.1 Å². The molecular weight excluding hydrogens is 534 g/mol. The van der Waals surface area contributed by atoms with Crippen molar-refractivity contribution in [1.29, 1.82) is 0 Å². The molecule has 1 heterocycles. The van der Waals surface area contributed by atoms with Crippen molar-refractivity contribution >= 4 is 39.0 Å². The zero-order valence-electron chi connectivity index (χ0n) is 24.1. The summed E-state index contributed by atoms with van der Waals surface area (Å²) in [5.41, 5.74) is 12.3. The minimum atomic E-state index is 0.892. The molecule has 0 fully saturated rings. The van der Waals surface area contributed by atoms with Crippen molar-refractivity contribution in [3.8, 4) is 33.4 Å². The monoisotopic (exact) mass is 563 g/mol. The van der Waals surface area contributed by atoms with Crippen LogP contribution in [-0.2, 0) is 0 Å². The summed E-state index contributed by atoms with van der Waals surface area (Å²) in [5, 5.41) is 2.23. The van der Waals surface area contributed by atoms with Gasteiger partial charge in [-0.3, -0.25) is 0 Å². The SMILES string of the molecule is c1ccc(-c2ccc(-c3ccc(N(c4ccc(-c5ccccc5)cc4)c4ccc5oc6ccccc6c5c4)cc3)cc2)cc1. The molecule has 2 nitrogen and oxygen atoms in total. The van der Waals surface area contributed by atoms with E-state index in [1.807, 2.05) is 12.1 Å². The Labute approximate surface area is 257 Å². The summed E-state index contributed by atoms with van der Waals surface area (Å²) in [7, 11) is 0. The molecule has 0 N–H and O–H groups in total. The van der Waals surface area contributed by atoms with Gasteiger partial charge in [-0.25, -0.2) is 0 Å². The second-order valence-electron chi connectivity index (χ2n) is 11.0. The van der Waals surface area contributed by atoms with Crippen LogP contribution in [0.1, 0.15) is 0 Å². The van der Waals surface area contributed by atoms with Crippen molar-refractivity contribution in [2.75, 3.05) is 4.90 Å². The minimum absolute atomic E-state index is 0.892. The maximum Gasteiger partial charge on any atom is 0.135 e. The van der Waals surface area contributed by atoms with Gasteiger partial charge in [0.25, 0.3) is 0 Å². The van der Waals surface area contributed by atoms with Crippen LogP contribution in [0.2, 0.25) is 0 Å². The Morgan fingerprint density at radius 2 is 0.682 bits per heavy atom. The molecule has 2 heteroatoms. The number of hydrogen-bond acceptors (Lipinski definition) is 2. The predicted octanol–water partition coefficient (Wildman–Crippen LogP) is 12.1. The molecule has 8 aromatic rings. The lowest BCUT2D eigenvalue weighted by Gasteiger charge is -2.26. The molecule has 0 bridgehead atoms. The molecule has 0 aliphatic rings. The van der Waals surface area contributed by atoms with Crippen LogP contribution in [0.3, 0.4) is 0 Å². The number of nitrogens with zero attached hydrogens (tertiary/aromatic N) is 1. The third-order valence-electron chi connectivity index (χ3n) is 8.30. The molecule has 208 valence electrons. The van der Waals surface area contributed by atoms with E-state index in [2.05, 4.69) is 169 Å². The lowest BCUT2D eigenvalue weighted by Crippen LogP contribution is -2.09. The lowest BCUT2D eigenvalue weighted by atomic mass is 10.00. The highest BCUT2D eigenvalue weighted by Crippen LogP contribution is 2.40. The van der Waals surface area contributed by atoms with E-state index in [1.165, 1.54) is 33.4 Å². The fraction of sp³-hybridized carbons (Fsp3) is 0. The average molecular weight is 564 g/mol. The first-order chi connectivity index (χ1) is 21.8. The molecular formula is C42H29NO. The van der Waals surface area contributed by atoms with E-state index in [1.54, 1.807) is 0 Å². The fourth-order valence-corrected chi connectivity index (χ4v) is 6.02. The van der Waals surface area contributed by atoms with Gasteiger partial charge < -0.3 is 9.32 Å². The van der Waals surface area contributed by atoms with E-state index in [0.717, 1.165) is 39.0 Å². The standard InChI is InChI=1S/C42H29NO/c1-3-9-30(10-4-1)32-15-17-33(18-16-32)35-21-25-37(26-22-35)43(36-23-19-34(20-24-36)31-11-5-2-6-12-31)38-27-28-42-40(29-38)39-13-7-8-14-41(39)44-42/h1-29H. The maximum atomic E-state index is 6.15. The first kappa shape index (κ1) is 25.8. The molecule has 1 aromatic heterocycles. The smallest absolute Gasteiger partial charge is 0.135 e. The quantitative estimate of drug-likeness (QED) is 0.200. The van der Waals surface area contributed by atoms with Gasteiger partial charge in [-0.1, -0.05) is 127 Å². The maximum absolute atomic E-state index is 6.15. The highest BCUT2D eigenvalue weighted by Gasteiger charge is 2.16. The van der Waals surface area contributed by atoms with Gasteiger partial charge in [0.15, 0.2) is 0 Å². The number of furan rings is 1. The highest BCUT2D eigenvalue weighted by molar-refractivity contribution is 6.06. The fourth-order valence-electron chi connectivity index (χ4n) is 6.02. The largest absolute Gasteiger partial charge is 0.456 e. The summed E-state index contributed by atoms with van der Waals surface area (Å²) >= 11 is 0. The Morgan fingerprint density at radius 3 is 1.20 bits per heavy atom. The zero-order chi connectivity index (χ0) is 29.3. The van der Waals surface area contributed by atoms with E-state index in [9.17, 15) is 0 Å². The first-order valence-electron chi connectivity index (χ1n) is 14.9. The Balaban J connectivity index is 1.18. The molecule has 8 rings (SSSR count). The Hall–Kier alpha value is -5.86. The highest BCUT2D eigenvalue weighted by atomic mass is 16.3. The molecule has 0 spiro atoms. The van der Waals surface area contributed by atoms with Crippen molar-refractivity contribution < 1.29 is 4.42 Å². The second-order valence-corrected chi connectivity index (χ2v) is 11.0. The van der Waals surface area contributed by atoms with Crippen molar-refractivity contribution in [1.82, 2.24) is 0 Å². The van der Waals surface area contributed by atoms with Crippen LogP contribution in [0.15, 0.2) is 180 Å². The van der Waals surface area contributed by atoms with Crippen LogP contribution in [0.5, 0.6) is 0 Å². The van der Waals surface area contributed by atoms with E-state index < -0.39 is 0 Å². The third kappa shape index (κ3) is 4.83. The molecule has 0 saturated carbocycles. The summed E-state index contributed by atoms with van der Waals surface area (Å²) in [4.78, 5) is 2.32. The van der Waals surface area contributed by atoms with Crippen LogP contribution >= 0.6 is 0 Å². The summed E-state index contributed by atoms with van der Waals surface area (Å²) in [6.07, 6.45) is 0. The molecule has 0 atom stereocenters. The summed E-state index contributed by atoms with van der Waals surface area (Å²) < 4.78 is 6.15. The number of fused-ring (bicyclic) bond motifs is 3. The van der Waals surface area contributed by atoms with Crippen molar-refractivity contribution in [2.24, 2.45) is 0 Å². The normalized spacial score (nSPS) is 11.2. The van der Waals surface area contributed by atoms with Gasteiger partial charge in [-0.15, -0.1) is 0 Å². The first-order valence-corrected chi connectivity index (χ1v) is 14.9. The summed E-state index contributed by atoms with van der Waals surface area (Å²) in [6.45, 7) is 0. The zero-order valence-corrected chi connectivity index (χ0v) is 24.1. The number of benzene rings is 7. The molecule has 0 radical (unpaired) electrons. The van der Waals surface area contributed by atoms with Gasteiger partial charge in [0.2, 0.25) is 0 Å². The van der Waals surface area contributed by atoms with Gasteiger partial charge in [0.05, 0.1) is 0 Å². The van der Waals surface area contributed by atoms with Gasteiger partial charge >= 0.3 is 0 Å². The minimum Gasteiger partial charge on any atom is -0.456 e. The Kier molecular flexibility index (Phi) is 6.51. The third-order valence-corrected chi connectivity index (χ3v) is 8.30. The van der Waals surface area contributed by atoms with E-state index >= 15 is 0 Å². The number of anilines is 3. The van der Waals surface area contributed by atoms with Gasteiger partial charge in [0, 0.05) is 27.8 Å². The number of rotatable bonds is 6. The predicted molar refractivity (Wildman–Crippen MR) is 185 cm³/mol. The van der Waals surface area contributed by atoms with Crippen LogP contribution in [0.25, 0.3) is 55.3 Å². The van der Waals surface area contributed by atoms with Crippen LogP contribution < -0.4 is 4.90 Å². The van der Waals surface area contributed by atoms with Crippen molar-refractivity contribution in [2.45, 2.75) is 0 Å². The molecule has 0 aliphatic heterocycles. The molecule has 0 saturated heterocycles. The van der Waals surface area contributed by atoms with Crippen LogP contribution in [0, 0.1) is 0 Å². The molecule has 7 aromatic carbocycles. The average Bonchev–Trinajstić information content (AvgIpc) is 3.48. The Morgan fingerprint density at radius 1 is 0.295 bits per heavy atom. The molecule has 44 heavy (non-hydrogen) atoms. The molecule has 0 unspecified atom stereocenters. The number of hydrogen-bond donors (Lipinski definition) is 0. The van der Waals surface area contributed by atoms with Crippen molar-refractivity contribution in [3.05, 3.63) is 176 Å². The second kappa shape index (κ2) is 11.1. The summed E-state index contributed by atoms with van der Waals surface area (Å²) in [6, 6.07) is 62.2. The van der Waals surface area contributed by atoms with Gasteiger partial charge in [0.1, 0.15) is 11.2 Å². The Bertz CT molecular complexity index is 2180. The van der Waals surface area contributed by atoms with Crippen LogP contribution in [-0.4, -0.2) is 0 Å². The van der Waals surface area contributed by atoms with E-state index in [-0.39, 0.29) is 0 Å². The summed E-state index contributed by atoms with van der Waals surface area (Å²) in [5.74, 6) is 0. The van der Waals surface area contributed by atoms with E-state index in [0.29, 0.717) is 0 Å². The topological polar surface area (TPSA) is 16.4 Å².